The summed E-state index contributed by atoms with van der Waals surface area (Å²) in [5.41, 5.74) is 1.83. The summed E-state index contributed by atoms with van der Waals surface area (Å²) >= 11 is 2.45. The highest BCUT2D eigenvalue weighted by atomic mass is 32.2. The van der Waals surface area contributed by atoms with Gasteiger partial charge < -0.3 is 20.6 Å². The lowest BCUT2D eigenvalue weighted by Gasteiger charge is -2.43. The number of amidine groups is 1. The second-order valence-electron chi connectivity index (χ2n) is 5.58. The van der Waals surface area contributed by atoms with Gasteiger partial charge in [0.15, 0.2) is 5.17 Å². The van der Waals surface area contributed by atoms with Gasteiger partial charge in [0.25, 0.3) is 0 Å². The maximum atomic E-state index is 12.3. The Morgan fingerprint density at radius 2 is 1.91 bits per heavy atom. The van der Waals surface area contributed by atoms with Crippen LogP contribution in [0.4, 0.5) is 5.69 Å². The van der Waals surface area contributed by atoms with Crippen LogP contribution in [0.15, 0.2) is 29.3 Å². The van der Waals surface area contributed by atoms with Crippen LogP contribution in [0.5, 0.6) is 0 Å². The molecule has 5 atom stereocenters. The van der Waals surface area contributed by atoms with Crippen molar-refractivity contribution in [2.24, 2.45) is 4.99 Å². The molecule has 0 aromatic heterocycles. The SMILES string of the molecule is Cc1ccc(N=C2NC(=O)[C@@H]3S[C@H](CO)[C@@H](O)[C@H](O)[C@@H]3S2)cc1. The Bertz CT molecular complexity index is 622. The summed E-state index contributed by atoms with van der Waals surface area (Å²) in [4.78, 5) is 16.7. The Hall–Kier alpha value is -1.06. The van der Waals surface area contributed by atoms with E-state index < -0.39 is 28.0 Å². The van der Waals surface area contributed by atoms with Crippen LogP contribution in [0.2, 0.25) is 0 Å². The molecule has 0 aliphatic carbocycles. The molecule has 2 fully saturated rings. The molecule has 1 amide bonds. The van der Waals surface area contributed by atoms with E-state index in [-0.39, 0.29) is 12.5 Å². The third kappa shape index (κ3) is 3.41. The summed E-state index contributed by atoms with van der Waals surface area (Å²) in [6.07, 6.45) is -2.15. The molecule has 23 heavy (non-hydrogen) atoms. The fraction of sp³-hybridized carbons (Fsp3) is 0.467. The molecule has 2 aliphatic heterocycles. The number of carbonyl (C=O) groups excluding carboxylic acids is 1. The Labute approximate surface area is 142 Å². The van der Waals surface area contributed by atoms with Crippen LogP contribution in [0, 0.1) is 6.92 Å². The molecule has 8 heteroatoms. The summed E-state index contributed by atoms with van der Waals surface area (Å²) in [5, 5.41) is 31.2. The number of nitrogens with one attached hydrogen (secondary N) is 1. The van der Waals surface area contributed by atoms with Crippen LogP contribution >= 0.6 is 23.5 Å². The van der Waals surface area contributed by atoms with Crippen molar-refractivity contribution in [1.29, 1.82) is 0 Å². The molecular weight excluding hydrogens is 336 g/mol. The van der Waals surface area contributed by atoms with Crippen LogP contribution in [-0.2, 0) is 4.79 Å². The van der Waals surface area contributed by atoms with Crippen molar-refractivity contribution in [3.63, 3.8) is 0 Å². The van der Waals surface area contributed by atoms with E-state index in [9.17, 15) is 20.1 Å². The molecule has 0 saturated carbocycles. The number of amides is 1. The van der Waals surface area contributed by atoms with E-state index in [4.69, 9.17) is 0 Å². The average Bonchev–Trinajstić information content (AvgIpc) is 2.53. The molecule has 3 rings (SSSR count). The van der Waals surface area contributed by atoms with E-state index in [1.54, 1.807) is 0 Å². The van der Waals surface area contributed by atoms with E-state index in [1.165, 1.54) is 23.5 Å². The number of aliphatic imine (C=N–C) groups is 1. The van der Waals surface area contributed by atoms with Crippen LogP contribution in [0.1, 0.15) is 5.56 Å². The molecule has 6 nitrogen and oxygen atoms in total. The molecule has 0 bridgehead atoms. The Kier molecular flexibility index (Phi) is 4.98. The lowest BCUT2D eigenvalue weighted by atomic mass is 10.0. The summed E-state index contributed by atoms with van der Waals surface area (Å²) in [5.74, 6) is -0.256. The van der Waals surface area contributed by atoms with Crippen LogP contribution < -0.4 is 5.32 Å². The maximum Gasteiger partial charge on any atom is 0.240 e. The molecule has 0 radical (unpaired) electrons. The van der Waals surface area contributed by atoms with Gasteiger partial charge in [-0.25, -0.2) is 4.99 Å². The maximum absolute atomic E-state index is 12.3. The smallest absolute Gasteiger partial charge is 0.240 e. The van der Waals surface area contributed by atoms with Crippen LogP contribution in [0.3, 0.4) is 0 Å². The largest absolute Gasteiger partial charge is 0.395 e. The molecule has 1 aromatic rings. The zero-order valence-corrected chi connectivity index (χ0v) is 14.0. The van der Waals surface area contributed by atoms with E-state index in [2.05, 4.69) is 10.3 Å². The van der Waals surface area contributed by atoms with E-state index in [0.717, 1.165) is 5.56 Å². The van der Waals surface area contributed by atoms with Gasteiger partial charge in [-0.15, -0.1) is 11.8 Å². The highest BCUT2D eigenvalue weighted by Crippen LogP contribution is 2.41. The standard InChI is InChI=1S/C15H18N2O4S2/c1-7-2-4-8(5-3-7)16-15-17-14(21)13-12(23-15)11(20)10(19)9(6-18)22-13/h2-5,9-13,18-20H,6H2,1H3,(H,16,17,21)/t9-,10-,11+,12+,13-/m1/s1. The van der Waals surface area contributed by atoms with Crippen molar-refractivity contribution in [2.45, 2.75) is 34.9 Å². The monoisotopic (exact) mass is 354 g/mol. The van der Waals surface area contributed by atoms with Gasteiger partial charge in [0.1, 0.15) is 0 Å². The molecule has 2 aliphatic rings. The number of thioether (sulfide) groups is 2. The van der Waals surface area contributed by atoms with Gasteiger partial charge in [-0.1, -0.05) is 29.5 Å². The van der Waals surface area contributed by atoms with Gasteiger partial charge in [-0.05, 0) is 19.1 Å². The Morgan fingerprint density at radius 1 is 1.22 bits per heavy atom. The first-order valence-electron chi connectivity index (χ1n) is 7.25. The molecule has 0 unspecified atom stereocenters. The van der Waals surface area contributed by atoms with Gasteiger partial charge in [-0.3, -0.25) is 4.79 Å². The lowest BCUT2D eigenvalue weighted by Crippen LogP contribution is -2.60. The number of hydrogen-bond donors (Lipinski definition) is 4. The van der Waals surface area contributed by atoms with Gasteiger partial charge in [0, 0.05) is 0 Å². The number of aryl methyl sites for hydroxylation is 1. The molecule has 2 saturated heterocycles. The van der Waals surface area contributed by atoms with Crippen molar-refractivity contribution in [1.82, 2.24) is 5.32 Å². The van der Waals surface area contributed by atoms with Gasteiger partial charge in [-0.2, -0.15) is 0 Å². The number of aliphatic hydroxyl groups excluding tert-OH is 3. The van der Waals surface area contributed by atoms with Crippen LogP contribution in [0.25, 0.3) is 0 Å². The molecule has 0 spiro atoms. The second-order valence-corrected chi connectivity index (χ2v) is 8.14. The zero-order chi connectivity index (χ0) is 16.6. The summed E-state index contributed by atoms with van der Waals surface area (Å²) in [7, 11) is 0. The molecule has 124 valence electrons. The minimum atomic E-state index is -1.09. The van der Waals surface area contributed by atoms with E-state index in [0.29, 0.717) is 10.9 Å². The van der Waals surface area contributed by atoms with E-state index >= 15 is 0 Å². The molecule has 2 heterocycles. The van der Waals surface area contributed by atoms with Gasteiger partial charge in [0.2, 0.25) is 5.91 Å². The van der Waals surface area contributed by atoms with Crippen molar-refractivity contribution in [3.05, 3.63) is 29.8 Å². The Morgan fingerprint density at radius 3 is 2.57 bits per heavy atom. The quantitative estimate of drug-likeness (QED) is 0.614. The van der Waals surface area contributed by atoms with Crippen molar-refractivity contribution in [2.75, 3.05) is 6.61 Å². The minimum absolute atomic E-state index is 0.256. The predicted octanol–water partition coefficient (Wildman–Crippen LogP) is 0.412. The fourth-order valence-electron chi connectivity index (χ4n) is 2.56. The summed E-state index contributed by atoms with van der Waals surface area (Å²) in [6, 6.07) is 7.56. The van der Waals surface area contributed by atoms with Crippen LogP contribution in [-0.4, -0.2) is 61.0 Å². The number of carbonyl (C=O) groups is 1. The average molecular weight is 354 g/mol. The summed E-state index contributed by atoms with van der Waals surface area (Å²) < 4.78 is 0. The number of benzene rings is 1. The first-order chi connectivity index (χ1) is 11.0. The molecular formula is C15H18N2O4S2. The molecule has 1 aromatic carbocycles. The number of rotatable bonds is 2. The van der Waals surface area contributed by atoms with E-state index in [1.807, 2.05) is 31.2 Å². The first kappa shape index (κ1) is 16.8. The first-order valence-corrected chi connectivity index (χ1v) is 9.07. The Balaban J connectivity index is 1.82. The number of fused-ring (bicyclic) bond motifs is 1. The molecule has 4 N–H and O–H groups in total. The van der Waals surface area contributed by atoms with Crippen molar-refractivity contribution in [3.8, 4) is 0 Å². The number of nitrogens with zero attached hydrogens (tertiary/aromatic N) is 1. The third-order valence-electron chi connectivity index (χ3n) is 3.87. The fourth-order valence-corrected chi connectivity index (χ4v) is 5.32. The van der Waals surface area contributed by atoms with Gasteiger partial charge in [0.05, 0.1) is 40.3 Å². The van der Waals surface area contributed by atoms with Crippen molar-refractivity contribution < 1.29 is 20.1 Å². The minimum Gasteiger partial charge on any atom is -0.395 e. The topological polar surface area (TPSA) is 102 Å². The normalized spacial score (nSPS) is 35.7. The number of hydrogen-bond acceptors (Lipinski definition) is 7. The van der Waals surface area contributed by atoms with Gasteiger partial charge >= 0.3 is 0 Å². The predicted molar refractivity (Wildman–Crippen MR) is 92.1 cm³/mol. The lowest BCUT2D eigenvalue weighted by molar-refractivity contribution is -0.120. The summed E-state index contributed by atoms with van der Waals surface area (Å²) in [6.45, 7) is 1.70. The second kappa shape index (κ2) is 6.82. The highest BCUT2D eigenvalue weighted by Gasteiger charge is 2.50. The van der Waals surface area contributed by atoms with Crippen molar-refractivity contribution >= 4 is 40.3 Å². The zero-order valence-electron chi connectivity index (χ0n) is 12.4. The highest BCUT2D eigenvalue weighted by molar-refractivity contribution is 8.15. The number of aliphatic hydroxyl groups is 3. The third-order valence-corrected chi connectivity index (χ3v) is 6.86.